The lowest BCUT2D eigenvalue weighted by atomic mass is 9.66. The lowest BCUT2D eigenvalue weighted by Gasteiger charge is -2.40. The minimum Gasteiger partial charge on any atom is -0.481 e. The molecule has 0 aromatic rings. The SMILES string of the molecule is CC1CCCC1CNC(=O)NCC1(CC(=O)O)CCC1. The Morgan fingerprint density at radius 2 is 1.95 bits per heavy atom. The van der Waals surface area contributed by atoms with Crippen molar-refractivity contribution < 1.29 is 14.7 Å². The number of amides is 2. The first-order valence-electron chi connectivity index (χ1n) is 7.74. The van der Waals surface area contributed by atoms with Crippen LogP contribution >= 0.6 is 0 Å². The molecule has 0 saturated heterocycles. The van der Waals surface area contributed by atoms with E-state index in [0.29, 0.717) is 18.4 Å². The van der Waals surface area contributed by atoms with Crippen molar-refractivity contribution in [3.8, 4) is 0 Å². The molecule has 5 nitrogen and oxygen atoms in total. The second kappa shape index (κ2) is 6.46. The maximum absolute atomic E-state index is 11.8. The largest absolute Gasteiger partial charge is 0.481 e. The zero-order chi connectivity index (χ0) is 14.6. The minimum atomic E-state index is -0.772. The fraction of sp³-hybridized carbons (Fsp3) is 0.867. The topological polar surface area (TPSA) is 78.4 Å². The third-order valence-corrected chi connectivity index (χ3v) is 5.13. The molecule has 3 N–H and O–H groups in total. The number of rotatable bonds is 6. The van der Waals surface area contributed by atoms with E-state index in [-0.39, 0.29) is 17.9 Å². The van der Waals surface area contributed by atoms with Gasteiger partial charge in [-0.1, -0.05) is 26.2 Å². The van der Waals surface area contributed by atoms with Gasteiger partial charge in [-0.2, -0.15) is 0 Å². The van der Waals surface area contributed by atoms with E-state index in [1.807, 2.05) is 0 Å². The van der Waals surface area contributed by atoms with Crippen molar-refractivity contribution >= 4 is 12.0 Å². The molecular weight excluding hydrogens is 256 g/mol. The number of aliphatic carboxylic acids is 1. The zero-order valence-corrected chi connectivity index (χ0v) is 12.3. The molecule has 2 aliphatic rings. The summed E-state index contributed by atoms with van der Waals surface area (Å²) in [5.74, 6) is 0.518. The maximum atomic E-state index is 11.8. The predicted molar refractivity (Wildman–Crippen MR) is 76.4 cm³/mol. The van der Waals surface area contributed by atoms with Gasteiger partial charge in [0.25, 0.3) is 0 Å². The monoisotopic (exact) mass is 282 g/mol. The third-order valence-electron chi connectivity index (χ3n) is 5.13. The van der Waals surface area contributed by atoms with Crippen LogP contribution in [-0.4, -0.2) is 30.2 Å². The molecule has 2 saturated carbocycles. The van der Waals surface area contributed by atoms with Crippen LogP contribution in [0.1, 0.15) is 51.9 Å². The summed E-state index contributed by atoms with van der Waals surface area (Å²) in [6, 6.07) is -0.152. The van der Waals surface area contributed by atoms with E-state index in [1.54, 1.807) is 0 Å². The molecule has 2 aliphatic carbocycles. The van der Waals surface area contributed by atoms with Crippen molar-refractivity contribution in [2.75, 3.05) is 13.1 Å². The first kappa shape index (κ1) is 15.1. The molecule has 0 spiro atoms. The number of carbonyl (C=O) groups is 2. The predicted octanol–water partition coefficient (Wildman–Crippen LogP) is 2.37. The number of urea groups is 1. The summed E-state index contributed by atoms with van der Waals surface area (Å²) >= 11 is 0. The van der Waals surface area contributed by atoms with Gasteiger partial charge in [-0.3, -0.25) is 4.79 Å². The van der Waals surface area contributed by atoms with Crippen molar-refractivity contribution in [1.29, 1.82) is 0 Å². The summed E-state index contributed by atoms with van der Waals surface area (Å²) < 4.78 is 0. The van der Waals surface area contributed by atoms with Crippen LogP contribution in [0.3, 0.4) is 0 Å². The van der Waals surface area contributed by atoms with E-state index in [9.17, 15) is 9.59 Å². The first-order valence-corrected chi connectivity index (χ1v) is 7.74. The fourth-order valence-electron chi connectivity index (χ4n) is 3.49. The Morgan fingerprint density at radius 3 is 2.45 bits per heavy atom. The van der Waals surface area contributed by atoms with Gasteiger partial charge in [0.05, 0.1) is 6.42 Å². The van der Waals surface area contributed by atoms with Crippen molar-refractivity contribution in [3.05, 3.63) is 0 Å². The van der Waals surface area contributed by atoms with E-state index in [0.717, 1.165) is 25.8 Å². The Hall–Kier alpha value is -1.26. The van der Waals surface area contributed by atoms with E-state index in [2.05, 4.69) is 17.6 Å². The van der Waals surface area contributed by atoms with Crippen LogP contribution < -0.4 is 10.6 Å². The van der Waals surface area contributed by atoms with Crippen molar-refractivity contribution in [3.63, 3.8) is 0 Å². The van der Waals surface area contributed by atoms with Gasteiger partial charge in [-0.05, 0) is 36.5 Å². The molecule has 2 amide bonds. The molecule has 2 unspecified atom stereocenters. The van der Waals surface area contributed by atoms with Crippen LogP contribution in [-0.2, 0) is 4.79 Å². The lowest BCUT2D eigenvalue weighted by Crippen LogP contribution is -2.47. The fourth-order valence-corrected chi connectivity index (χ4v) is 3.49. The second-order valence-corrected chi connectivity index (χ2v) is 6.66. The van der Waals surface area contributed by atoms with Crippen molar-refractivity contribution in [2.24, 2.45) is 17.3 Å². The van der Waals surface area contributed by atoms with Crippen LogP contribution in [0, 0.1) is 17.3 Å². The average molecular weight is 282 g/mol. The Kier molecular flexibility index (Phi) is 4.89. The quantitative estimate of drug-likeness (QED) is 0.700. The molecule has 0 aromatic heterocycles. The molecule has 114 valence electrons. The molecule has 0 heterocycles. The minimum absolute atomic E-state index is 0.152. The van der Waals surface area contributed by atoms with Crippen LogP contribution in [0.4, 0.5) is 4.79 Å². The van der Waals surface area contributed by atoms with Gasteiger partial charge in [-0.25, -0.2) is 4.79 Å². The third kappa shape index (κ3) is 3.87. The number of nitrogens with one attached hydrogen (secondary N) is 2. The highest BCUT2D eigenvalue weighted by Gasteiger charge is 2.39. The molecular formula is C15H26N2O3. The zero-order valence-electron chi connectivity index (χ0n) is 12.3. The van der Waals surface area contributed by atoms with E-state index >= 15 is 0 Å². The number of carboxylic acid groups (broad SMARTS) is 1. The van der Waals surface area contributed by atoms with Crippen LogP contribution in [0.15, 0.2) is 0 Å². The summed E-state index contributed by atoms with van der Waals surface area (Å²) in [5.41, 5.74) is -0.205. The van der Waals surface area contributed by atoms with Gasteiger partial charge in [0.15, 0.2) is 0 Å². The van der Waals surface area contributed by atoms with Gasteiger partial charge in [0.2, 0.25) is 0 Å². The highest BCUT2D eigenvalue weighted by atomic mass is 16.4. The Labute approximate surface area is 120 Å². The van der Waals surface area contributed by atoms with Gasteiger partial charge in [0.1, 0.15) is 0 Å². The van der Waals surface area contributed by atoms with E-state index in [1.165, 1.54) is 19.3 Å². The highest BCUT2D eigenvalue weighted by Crippen LogP contribution is 2.43. The summed E-state index contributed by atoms with van der Waals surface area (Å²) in [6.45, 7) is 3.46. The van der Waals surface area contributed by atoms with E-state index in [4.69, 9.17) is 5.11 Å². The molecule has 5 heteroatoms. The second-order valence-electron chi connectivity index (χ2n) is 6.66. The maximum Gasteiger partial charge on any atom is 0.314 e. The molecule has 2 fully saturated rings. The number of carbonyl (C=O) groups excluding carboxylic acids is 1. The van der Waals surface area contributed by atoms with Gasteiger partial charge < -0.3 is 15.7 Å². The molecule has 2 rings (SSSR count). The normalized spacial score (nSPS) is 27.6. The van der Waals surface area contributed by atoms with Gasteiger partial charge in [0, 0.05) is 13.1 Å². The molecule has 0 aromatic carbocycles. The molecule has 20 heavy (non-hydrogen) atoms. The molecule has 0 aliphatic heterocycles. The Balaban J connectivity index is 1.68. The number of hydrogen-bond acceptors (Lipinski definition) is 2. The number of hydrogen-bond donors (Lipinski definition) is 3. The van der Waals surface area contributed by atoms with Crippen LogP contribution in [0.25, 0.3) is 0 Å². The van der Waals surface area contributed by atoms with Gasteiger partial charge >= 0.3 is 12.0 Å². The van der Waals surface area contributed by atoms with Crippen molar-refractivity contribution in [2.45, 2.75) is 51.9 Å². The van der Waals surface area contributed by atoms with Crippen LogP contribution in [0.2, 0.25) is 0 Å². The van der Waals surface area contributed by atoms with Crippen LogP contribution in [0.5, 0.6) is 0 Å². The lowest BCUT2D eigenvalue weighted by molar-refractivity contribution is -0.141. The summed E-state index contributed by atoms with van der Waals surface area (Å²) in [6.07, 6.45) is 6.75. The standard InChI is InChI=1S/C15H26N2O3/c1-11-4-2-5-12(11)9-16-14(20)17-10-15(6-3-7-15)8-13(18)19/h11-12H,2-10H2,1H3,(H,18,19)(H2,16,17,20). The van der Waals surface area contributed by atoms with E-state index < -0.39 is 5.97 Å². The molecule has 0 radical (unpaired) electrons. The summed E-state index contributed by atoms with van der Waals surface area (Å²) in [7, 11) is 0. The number of carboxylic acids is 1. The Morgan fingerprint density at radius 1 is 1.20 bits per heavy atom. The first-order chi connectivity index (χ1) is 9.51. The molecule has 2 atom stereocenters. The molecule has 0 bridgehead atoms. The smallest absolute Gasteiger partial charge is 0.314 e. The average Bonchev–Trinajstić information content (AvgIpc) is 2.75. The van der Waals surface area contributed by atoms with Gasteiger partial charge in [-0.15, -0.1) is 0 Å². The summed E-state index contributed by atoms with van der Waals surface area (Å²) in [5, 5.41) is 14.7. The highest BCUT2D eigenvalue weighted by molar-refractivity contribution is 5.74. The summed E-state index contributed by atoms with van der Waals surface area (Å²) in [4.78, 5) is 22.7. The van der Waals surface area contributed by atoms with Crippen molar-refractivity contribution in [1.82, 2.24) is 10.6 Å². The Bertz CT molecular complexity index is 366.